The summed E-state index contributed by atoms with van der Waals surface area (Å²) in [6.45, 7) is 9.27. The summed E-state index contributed by atoms with van der Waals surface area (Å²) >= 11 is 0. The molecule has 1 aromatic heterocycles. The van der Waals surface area contributed by atoms with Crippen molar-refractivity contribution >= 4 is 0 Å². The van der Waals surface area contributed by atoms with Gasteiger partial charge in [0.2, 0.25) is 0 Å². The van der Waals surface area contributed by atoms with Crippen LogP contribution in [0.3, 0.4) is 0 Å². The number of aromatic nitrogens is 2. The van der Waals surface area contributed by atoms with Crippen LogP contribution in [-0.2, 0) is 24.1 Å². The summed E-state index contributed by atoms with van der Waals surface area (Å²) in [5, 5.41) is 3.52. The third-order valence-corrected chi connectivity index (χ3v) is 4.40. The van der Waals surface area contributed by atoms with Crippen LogP contribution in [0.1, 0.15) is 62.8 Å². The average molecular weight is 291 g/mol. The molecule has 1 aliphatic rings. The van der Waals surface area contributed by atoms with Crippen molar-refractivity contribution in [1.82, 2.24) is 15.3 Å². The number of hydrogen-bond acceptors (Lipinski definition) is 4. The molecule has 0 saturated carbocycles. The van der Waals surface area contributed by atoms with Crippen molar-refractivity contribution in [3.05, 3.63) is 22.8 Å². The van der Waals surface area contributed by atoms with Crippen molar-refractivity contribution in [2.24, 2.45) is 0 Å². The van der Waals surface area contributed by atoms with E-state index in [9.17, 15) is 0 Å². The molecule has 1 N–H and O–H groups in total. The molecule has 1 heterocycles. The maximum Gasteiger partial charge on any atom is 0.142 e. The van der Waals surface area contributed by atoms with Gasteiger partial charge in [0.1, 0.15) is 5.82 Å². The van der Waals surface area contributed by atoms with Gasteiger partial charge in [-0.05, 0) is 65.4 Å². The molecule has 4 nitrogen and oxygen atoms in total. The Morgan fingerprint density at radius 1 is 1.24 bits per heavy atom. The molecular weight excluding hydrogens is 262 g/mol. The Morgan fingerprint density at radius 2 is 1.95 bits per heavy atom. The summed E-state index contributed by atoms with van der Waals surface area (Å²) in [5.41, 5.74) is 3.73. The third kappa shape index (κ3) is 4.48. The van der Waals surface area contributed by atoms with Gasteiger partial charge in [-0.2, -0.15) is 0 Å². The minimum absolute atomic E-state index is 0.0982. The normalized spacial score (nSPS) is 16.6. The standard InChI is InChI=1S/C17H29N3O/c1-12(10-17(3,4)21-5)18-11-16-19-13(2)14-8-6-7-9-15(14)20-16/h12,18H,6-11H2,1-5H3/t12-/m0/s1. The van der Waals surface area contributed by atoms with Crippen LogP contribution in [0.4, 0.5) is 0 Å². The highest BCUT2D eigenvalue weighted by atomic mass is 16.5. The Labute approximate surface area is 128 Å². The second-order valence-electron chi connectivity index (χ2n) is 6.81. The predicted molar refractivity (Wildman–Crippen MR) is 85.4 cm³/mol. The number of nitrogens with zero attached hydrogens (tertiary/aromatic N) is 2. The predicted octanol–water partition coefficient (Wildman–Crippen LogP) is 2.96. The molecule has 2 rings (SSSR count). The largest absolute Gasteiger partial charge is 0.379 e. The molecule has 0 aliphatic heterocycles. The van der Waals surface area contributed by atoms with Crippen LogP contribution in [0, 0.1) is 6.92 Å². The Balaban J connectivity index is 1.96. The van der Waals surface area contributed by atoms with E-state index in [4.69, 9.17) is 9.72 Å². The van der Waals surface area contributed by atoms with Crippen LogP contribution in [0.5, 0.6) is 0 Å². The second-order valence-corrected chi connectivity index (χ2v) is 6.81. The molecule has 0 fully saturated rings. The molecule has 21 heavy (non-hydrogen) atoms. The fourth-order valence-electron chi connectivity index (χ4n) is 3.08. The fourth-order valence-corrected chi connectivity index (χ4v) is 3.08. The Morgan fingerprint density at radius 3 is 2.67 bits per heavy atom. The first-order chi connectivity index (χ1) is 9.91. The molecule has 0 spiro atoms. The molecule has 0 bridgehead atoms. The number of ether oxygens (including phenoxy) is 1. The molecule has 1 atom stereocenters. The van der Waals surface area contributed by atoms with Crippen molar-refractivity contribution < 1.29 is 4.74 Å². The van der Waals surface area contributed by atoms with Crippen LogP contribution >= 0.6 is 0 Å². The highest BCUT2D eigenvalue weighted by Crippen LogP contribution is 2.21. The van der Waals surface area contributed by atoms with Crippen molar-refractivity contribution in [2.45, 2.75) is 78.0 Å². The Hall–Kier alpha value is -1.00. The summed E-state index contributed by atoms with van der Waals surface area (Å²) < 4.78 is 5.48. The molecule has 0 aromatic carbocycles. The summed E-state index contributed by atoms with van der Waals surface area (Å²) in [6.07, 6.45) is 5.76. The highest BCUT2D eigenvalue weighted by Gasteiger charge is 2.20. The van der Waals surface area contributed by atoms with Crippen molar-refractivity contribution in [3.63, 3.8) is 0 Å². The van der Waals surface area contributed by atoms with Gasteiger partial charge >= 0.3 is 0 Å². The highest BCUT2D eigenvalue weighted by molar-refractivity contribution is 5.27. The van der Waals surface area contributed by atoms with E-state index < -0.39 is 0 Å². The van der Waals surface area contributed by atoms with Gasteiger partial charge in [0.25, 0.3) is 0 Å². The Kier molecular flexibility index (Phi) is 5.33. The molecule has 4 heteroatoms. The van der Waals surface area contributed by atoms with Gasteiger partial charge in [0.05, 0.1) is 12.1 Å². The molecule has 0 radical (unpaired) electrons. The minimum Gasteiger partial charge on any atom is -0.379 e. The molecule has 0 amide bonds. The number of rotatable bonds is 6. The molecule has 0 saturated heterocycles. The van der Waals surface area contributed by atoms with Gasteiger partial charge < -0.3 is 10.1 Å². The first-order valence-electron chi connectivity index (χ1n) is 8.05. The van der Waals surface area contributed by atoms with E-state index in [1.807, 2.05) is 0 Å². The average Bonchev–Trinajstić information content (AvgIpc) is 2.45. The third-order valence-electron chi connectivity index (χ3n) is 4.40. The number of nitrogens with one attached hydrogen (secondary N) is 1. The first-order valence-corrected chi connectivity index (χ1v) is 8.05. The van der Waals surface area contributed by atoms with Crippen LogP contribution < -0.4 is 5.32 Å². The van der Waals surface area contributed by atoms with Crippen LogP contribution in [0.25, 0.3) is 0 Å². The molecule has 0 unspecified atom stereocenters. The van der Waals surface area contributed by atoms with Crippen LogP contribution in [0.2, 0.25) is 0 Å². The zero-order chi connectivity index (χ0) is 15.5. The lowest BCUT2D eigenvalue weighted by Crippen LogP contribution is -2.35. The van der Waals surface area contributed by atoms with Gasteiger partial charge in [0.15, 0.2) is 0 Å². The summed E-state index contributed by atoms with van der Waals surface area (Å²) in [4.78, 5) is 9.43. The van der Waals surface area contributed by atoms with Gasteiger partial charge in [-0.3, -0.25) is 0 Å². The van der Waals surface area contributed by atoms with E-state index in [0.717, 1.165) is 31.6 Å². The SMILES string of the molecule is COC(C)(C)C[C@H](C)NCc1nc(C)c2c(n1)CCCC2. The van der Waals surface area contributed by atoms with Gasteiger partial charge in [0, 0.05) is 24.5 Å². The second kappa shape index (κ2) is 6.84. The number of hydrogen-bond donors (Lipinski definition) is 1. The molecular formula is C17H29N3O. The monoisotopic (exact) mass is 291 g/mol. The van der Waals surface area contributed by atoms with Crippen molar-refractivity contribution in [3.8, 4) is 0 Å². The lowest BCUT2D eigenvalue weighted by Gasteiger charge is -2.27. The van der Waals surface area contributed by atoms with E-state index in [-0.39, 0.29) is 5.60 Å². The van der Waals surface area contributed by atoms with Crippen molar-refractivity contribution in [1.29, 1.82) is 0 Å². The van der Waals surface area contributed by atoms with Crippen molar-refractivity contribution in [2.75, 3.05) is 7.11 Å². The van der Waals surface area contributed by atoms with E-state index in [2.05, 4.69) is 38.0 Å². The number of fused-ring (bicyclic) bond motifs is 1. The topological polar surface area (TPSA) is 47.0 Å². The molecule has 118 valence electrons. The van der Waals surface area contributed by atoms with E-state index in [0.29, 0.717) is 6.04 Å². The first kappa shape index (κ1) is 16.4. The number of methoxy groups -OCH3 is 1. The zero-order valence-corrected chi connectivity index (χ0v) is 14.1. The Bertz CT molecular complexity index is 485. The van der Waals surface area contributed by atoms with E-state index in [1.54, 1.807) is 7.11 Å². The van der Waals surface area contributed by atoms with Crippen LogP contribution in [-0.4, -0.2) is 28.7 Å². The summed E-state index contributed by atoms with van der Waals surface area (Å²) in [6, 6.07) is 0.375. The smallest absolute Gasteiger partial charge is 0.142 e. The lowest BCUT2D eigenvalue weighted by molar-refractivity contribution is 0.00839. The lowest BCUT2D eigenvalue weighted by atomic mass is 9.95. The number of aryl methyl sites for hydroxylation is 2. The zero-order valence-electron chi connectivity index (χ0n) is 14.1. The minimum atomic E-state index is -0.0982. The fraction of sp³-hybridized carbons (Fsp3) is 0.765. The molecule has 1 aromatic rings. The maximum atomic E-state index is 5.48. The van der Waals surface area contributed by atoms with E-state index >= 15 is 0 Å². The van der Waals surface area contributed by atoms with Gasteiger partial charge in [-0.25, -0.2) is 9.97 Å². The quantitative estimate of drug-likeness (QED) is 0.875. The maximum absolute atomic E-state index is 5.48. The molecule has 1 aliphatic carbocycles. The van der Waals surface area contributed by atoms with Crippen LogP contribution in [0.15, 0.2) is 0 Å². The summed E-state index contributed by atoms with van der Waals surface area (Å²) in [7, 11) is 1.77. The van der Waals surface area contributed by atoms with Gasteiger partial charge in [-0.15, -0.1) is 0 Å². The van der Waals surface area contributed by atoms with E-state index in [1.165, 1.54) is 29.8 Å². The van der Waals surface area contributed by atoms with Gasteiger partial charge in [-0.1, -0.05) is 0 Å². The summed E-state index contributed by atoms with van der Waals surface area (Å²) in [5.74, 6) is 0.926.